The lowest BCUT2D eigenvalue weighted by atomic mass is 10.0. The van der Waals surface area contributed by atoms with Crippen molar-refractivity contribution >= 4 is 33.4 Å². The number of benzene rings is 3. The van der Waals surface area contributed by atoms with Gasteiger partial charge in [-0.15, -0.1) is 0 Å². The Hall–Kier alpha value is -4.32. The van der Waals surface area contributed by atoms with Crippen LogP contribution in [0.4, 0.5) is 5.82 Å². The first-order valence-electron chi connectivity index (χ1n) is 10.3. The Labute approximate surface area is 185 Å². The summed E-state index contributed by atoms with van der Waals surface area (Å²) in [7, 11) is 0. The molecule has 0 unspecified atom stereocenters. The van der Waals surface area contributed by atoms with Crippen LogP contribution in [0.3, 0.4) is 0 Å². The van der Waals surface area contributed by atoms with E-state index in [1.54, 1.807) is 18.6 Å². The molecule has 6 nitrogen and oxygen atoms in total. The van der Waals surface area contributed by atoms with Crippen molar-refractivity contribution in [3.8, 4) is 11.3 Å². The minimum atomic E-state index is -0.421. The molecule has 0 radical (unpaired) electrons. The first-order chi connectivity index (χ1) is 15.6. The maximum absolute atomic E-state index is 11.4. The number of anilines is 1. The summed E-state index contributed by atoms with van der Waals surface area (Å²) < 4.78 is 0. The van der Waals surface area contributed by atoms with Crippen molar-refractivity contribution in [1.29, 1.82) is 0 Å². The second-order valence-corrected chi connectivity index (χ2v) is 7.72. The van der Waals surface area contributed by atoms with Gasteiger partial charge >= 0.3 is 0 Å². The van der Waals surface area contributed by atoms with Crippen LogP contribution in [0.1, 0.15) is 21.5 Å². The summed E-state index contributed by atoms with van der Waals surface area (Å²) in [5.41, 5.74) is 10.9. The monoisotopic (exact) mass is 419 g/mol. The first-order valence-corrected chi connectivity index (χ1v) is 10.3. The highest BCUT2D eigenvalue weighted by atomic mass is 16.1. The molecule has 0 aliphatic carbocycles. The Morgan fingerprint density at radius 2 is 1.75 bits per heavy atom. The van der Waals surface area contributed by atoms with E-state index in [2.05, 4.69) is 32.4 Å². The van der Waals surface area contributed by atoms with E-state index >= 15 is 0 Å². The highest BCUT2D eigenvalue weighted by Crippen LogP contribution is 2.27. The molecule has 0 saturated heterocycles. The fraction of sp³-hybridized carbons (Fsp3) is 0.0769. The third-order valence-electron chi connectivity index (χ3n) is 5.61. The summed E-state index contributed by atoms with van der Waals surface area (Å²) in [6.45, 7) is 2.64. The van der Waals surface area contributed by atoms with Gasteiger partial charge in [0.05, 0.1) is 11.2 Å². The Morgan fingerprint density at radius 1 is 0.906 bits per heavy atom. The molecule has 0 aliphatic rings. The van der Waals surface area contributed by atoms with Crippen molar-refractivity contribution in [2.24, 2.45) is 5.73 Å². The molecule has 0 fully saturated rings. The number of fused-ring (bicyclic) bond motifs is 2. The van der Waals surface area contributed by atoms with Crippen LogP contribution in [-0.2, 0) is 6.54 Å². The van der Waals surface area contributed by atoms with E-state index in [1.807, 2.05) is 55.5 Å². The number of amides is 1. The van der Waals surface area contributed by atoms with Crippen LogP contribution >= 0.6 is 0 Å². The van der Waals surface area contributed by atoms with Crippen LogP contribution < -0.4 is 11.1 Å². The van der Waals surface area contributed by atoms with E-state index in [4.69, 9.17) is 5.73 Å². The summed E-state index contributed by atoms with van der Waals surface area (Å²) in [6, 6.07) is 21.8. The fourth-order valence-corrected chi connectivity index (χ4v) is 3.89. The average molecular weight is 419 g/mol. The highest BCUT2D eigenvalue weighted by Gasteiger charge is 2.10. The van der Waals surface area contributed by atoms with Gasteiger partial charge < -0.3 is 11.1 Å². The van der Waals surface area contributed by atoms with Crippen molar-refractivity contribution in [3.63, 3.8) is 0 Å². The maximum Gasteiger partial charge on any atom is 0.248 e. The zero-order chi connectivity index (χ0) is 22.1. The lowest BCUT2D eigenvalue weighted by Crippen LogP contribution is -2.10. The Morgan fingerprint density at radius 3 is 2.62 bits per heavy atom. The molecule has 6 heteroatoms. The number of pyridine rings is 1. The summed E-state index contributed by atoms with van der Waals surface area (Å²) >= 11 is 0. The lowest BCUT2D eigenvalue weighted by Gasteiger charge is -2.12. The fourth-order valence-electron chi connectivity index (χ4n) is 3.89. The molecule has 0 saturated carbocycles. The van der Waals surface area contributed by atoms with E-state index in [-0.39, 0.29) is 0 Å². The standard InChI is InChI=1S/C26H21N5O/c1-16-24(21-8-9-23-20(13-21)3-2-10-28-23)30-15-31-26(16)29-14-17-4-5-19-12-22(25(27)32)7-6-18(19)11-17/h2-13,15H,14H2,1H3,(H2,27,32)(H,29,30,31). The van der Waals surface area contributed by atoms with Gasteiger partial charge in [-0.25, -0.2) is 9.97 Å². The number of hydrogen-bond donors (Lipinski definition) is 2. The number of nitrogens with two attached hydrogens (primary N) is 1. The average Bonchev–Trinajstić information content (AvgIpc) is 2.82. The zero-order valence-electron chi connectivity index (χ0n) is 17.5. The van der Waals surface area contributed by atoms with Gasteiger partial charge in [0, 0.05) is 34.8 Å². The smallest absolute Gasteiger partial charge is 0.248 e. The molecule has 3 aromatic carbocycles. The van der Waals surface area contributed by atoms with Crippen LogP contribution in [0.2, 0.25) is 0 Å². The van der Waals surface area contributed by atoms with Gasteiger partial charge in [-0.3, -0.25) is 9.78 Å². The minimum absolute atomic E-state index is 0.421. The van der Waals surface area contributed by atoms with Gasteiger partial charge in [0.1, 0.15) is 12.1 Å². The summed E-state index contributed by atoms with van der Waals surface area (Å²) in [5, 5.41) is 6.55. The van der Waals surface area contributed by atoms with Crippen LogP contribution in [0.5, 0.6) is 0 Å². The Kier molecular flexibility index (Phi) is 4.95. The van der Waals surface area contributed by atoms with Crippen LogP contribution in [0.15, 0.2) is 79.3 Å². The molecule has 5 rings (SSSR count). The van der Waals surface area contributed by atoms with Gasteiger partial charge in [0.25, 0.3) is 0 Å². The van der Waals surface area contributed by atoms with Gasteiger partial charge in [-0.1, -0.05) is 30.3 Å². The van der Waals surface area contributed by atoms with E-state index in [0.717, 1.165) is 49.9 Å². The molecule has 2 heterocycles. The van der Waals surface area contributed by atoms with Crippen molar-refractivity contribution in [1.82, 2.24) is 15.0 Å². The molecule has 3 N–H and O–H groups in total. The number of primary amides is 1. The van der Waals surface area contributed by atoms with Crippen molar-refractivity contribution in [2.75, 3.05) is 5.32 Å². The quantitative estimate of drug-likeness (QED) is 0.424. The van der Waals surface area contributed by atoms with Crippen LogP contribution in [0, 0.1) is 6.92 Å². The second-order valence-electron chi connectivity index (χ2n) is 7.72. The molecule has 2 aromatic heterocycles. The van der Waals surface area contributed by atoms with E-state index < -0.39 is 5.91 Å². The highest BCUT2D eigenvalue weighted by molar-refractivity contribution is 5.97. The topological polar surface area (TPSA) is 93.8 Å². The van der Waals surface area contributed by atoms with Crippen LogP contribution in [-0.4, -0.2) is 20.9 Å². The second kappa shape index (κ2) is 8.07. The van der Waals surface area contributed by atoms with E-state index in [1.165, 1.54) is 0 Å². The summed E-state index contributed by atoms with van der Waals surface area (Å²) in [4.78, 5) is 24.8. The predicted molar refractivity (Wildman–Crippen MR) is 127 cm³/mol. The molecular weight excluding hydrogens is 398 g/mol. The molecule has 0 atom stereocenters. The zero-order valence-corrected chi connectivity index (χ0v) is 17.5. The number of nitrogens with one attached hydrogen (secondary N) is 1. The van der Waals surface area contributed by atoms with Gasteiger partial charge in [-0.2, -0.15) is 0 Å². The summed E-state index contributed by atoms with van der Waals surface area (Å²) in [6.07, 6.45) is 3.38. The largest absolute Gasteiger partial charge is 0.366 e. The number of carbonyl (C=O) groups excluding carboxylic acids is 1. The molecule has 32 heavy (non-hydrogen) atoms. The maximum atomic E-state index is 11.4. The lowest BCUT2D eigenvalue weighted by molar-refractivity contribution is 0.100. The number of rotatable bonds is 5. The Bertz CT molecular complexity index is 1480. The Balaban J connectivity index is 1.40. The minimum Gasteiger partial charge on any atom is -0.366 e. The van der Waals surface area contributed by atoms with E-state index in [0.29, 0.717) is 12.1 Å². The molecular formula is C26H21N5O. The normalized spacial score (nSPS) is 11.0. The third-order valence-corrected chi connectivity index (χ3v) is 5.61. The molecule has 156 valence electrons. The number of aromatic nitrogens is 3. The molecule has 1 amide bonds. The predicted octanol–water partition coefficient (Wildman–Crippen LogP) is 4.86. The van der Waals surface area contributed by atoms with Crippen molar-refractivity contribution < 1.29 is 4.79 Å². The van der Waals surface area contributed by atoms with E-state index in [9.17, 15) is 4.79 Å². The first kappa shape index (κ1) is 19.6. The van der Waals surface area contributed by atoms with Crippen molar-refractivity contribution in [2.45, 2.75) is 13.5 Å². The number of hydrogen-bond acceptors (Lipinski definition) is 5. The molecule has 5 aromatic rings. The van der Waals surface area contributed by atoms with Gasteiger partial charge in [0.15, 0.2) is 0 Å². The SMILES string of the molecule is Cc1c(NCc2ccc3cc(C(N)=O)ccc3c2)ncnc1-c1ccc2ncccc2c1. The number of nitrogens with zero attached hydrogens (tertiary/aromatic N) is 3. The molecule has 0 aliphatic heterocycles. The van der Waals surface area contributed by atoms with Gasteiger partial charge in [-0.05, 0) is 59.7 Å². The third kappa shape index (κ3) is 3.74. The molecule has 0 bridgehead atoms. The van der Waals surface area contributed by atoms with Gasteiger partial charge in [0.2, 0.25) is 5.91 Å². The molecule has 0 spiro atoms. The van der Waals surface area contributed by atoms with Crippen molar-refractivity contribution in [3.05, 3.63) is 95.9 Å². The number of carbonyl (C=O) groups is 1. The summed E-state index contributed by atoms with van der Waals surface area (Å²) in [5.74, 6) is 0.376. The van der Waals surface area contributed by atoms with Crippen LogP contribution in [0.25, 0.3) is 32.9 Å².